The Hall–Kier alpha value is -0.680. The van der Waals surface area contributed by atoms with Gasteiger partial charge in [-0.25, -0.2) is 0 Å². The van der Waals surface area contributed by atoms with E-state index in [1.54, 1.807) is 6.07 Å². The highest BCUT2D eigenvalue weighted by Gasteiger charge is 2.46. The Morgan fingerprint density at radius 1 is 1.13 bits per heavy atom. The quantitative estimate of drug-likeness (QED) is 0.684. The highest BCUT2D eigenvalue weighted by molar-refractivity contribution is 7.92. The Morgan fingerprint density at radius 2 is 1.80 bits per heavy atom. The van der Waals surface area contributed by atoms with E-state index in [1.165, 1.54) is 12.1 Å². The molecule has 1 aliphatic rings. The van der Waals surface area contributed by atoms with E-state index in [4.69, 9.17) is 0 Å². The van der Waals surface area contributed by atoms with Crippen molar-refractivity contribution in [3.63, 3.8) is 0 Å². The second-order valence-corrected chi connectivity index (χ2v) is 4.81. The van der Waals surface area contributed by atoms with Crippen molar-refractivity contribution >= 4 is 11.2 Å². The van der Waals surface area contributed by atoms with Gasteiger partial charge >= 0.3 is 5.51 Å². The molecule has 5 heteroatoms. The smallest absolute Gasteiger partial charge is 0.578 e. The summed E-state index contributed by atoms with van der Waals surface area (Å²) >= 11 is -2.91. The van der Waals surface area contributed by atoms with Crippen LogP contribution < -0.4 is 0 Å². The average molecular weight is 233 g/mol. The molecule has 1 radical (unpaired) electrons. The lowest BCUT2D eigenvalue weighted by Gasteiger charge is -2.12. The summed E-state index contributed by atoms with van der Waals surface area (Å²) in [4.78, 5) is -0.156. The molecule has 1 aromatic rings. The van der Waals surface area contributed by atoms with Crippen LogP contribution in [0.2, 0.25) is 0 Å². The van der Waals surface area contributed by atoms with Crippen LogP contribution in [0.25, 0.3) is 0 Å². The first-order valence-electron chi connectivity index (χ1n) is 4.40. The molecule has 1 nitrogen and oxygen atoms in total. The van der Waals surface area contributed by atoms with Crippen LogP contribution in [-0.2, 0) is 24.0 Å². The van der Waals surface area contributed by atoms with Crippen LogP contribution in [0.3, 0.4) is 0 Å². The molecule has 0 N–H and O–H groups in total. The van der Waals surface area contributed by atoms with Crippen LogP contribution in [-0.4, -0.2) is 10.1 Å². The van der Waals surface area contributed by atoms with Crippen molar-refractivity contribution in [2.24, 2.45) is 0 Å². The molecule has 0 amide bonds. The van der Waals surface area contributed by atoms with Gasteiger partial charge < -0.3 is 4.55 Å². The third-order valence-corrected chi connectivity index (χ3v) is 3.43. The summed E-state index contributed by atoms with van der Waals surface area (Å²) in [5, 5.41) is 0. The van der Waals surface area contributed by atoms with Crippen molar-refractivity contribution in [1.82, 2.24) is 0 Å². The molecule has 0 aliphatic heterocycles. The lowest BCUT2D eigenvalue weighted by Crippen LogP contribution is -2.23. The fraction of sp³-hybridized carbons (Fsp3) is 0.300. The molecule has 0 saturated carbocycles. The van der Waals surface area contributed by atoms with Gasteiger partial charge in [-0.3, -0.25) is 0 Å². The van der Waals surface area contributed by atoms with E-state index in [9.17, 15) is 17.7 Å². The van der Waals surface area contributed by atoms with Crippen LogP contribution in [0.5, 0.6) is 0 Å². The number of hydrogen-bond donors (Lipinski definition) is 0. The molecule has 0 saturated heterocycles. The van der Waals surface area contributed by atoms with Crippen LogP contribution >= 0.6 is 0 Å². The molecule has 81 valence electrons. The lowest BCUT2D eigenvalue weighted by atomic mass is 10.1. The molecule has 0 bridgehead atoms. The van der Waals surface area contributed by atoms with Gasteiger partial charge in [-0.1, -0.05) is 6.07 Å². The first kappa shape index (κ1) is 10.8. The van der Waals surface area contributed by atoms with Crippen LogP contribution in [0, 0.1) is 6.42 Å². The molecule has 1 unspecified atom stereocenters. The van der Waals surface area contributed by atoms with Gasteiger partial charge in [0.1, 0.15) is 0 Å². The van der Waals surface area contributed by atoms with Crippen molar-refractivity contribution in [1.29, 1.82) is 0 Å². The highest BCUT2D eigenvalue weighted by Crippen LogP contribution is 2.32. The van der Waals surface area contributed by atoms with E-state index in [1.807, 2.05) is 6.42 Å². The number of rotatable bonds is 1. The maximum absolute atomic E-state index is 12.2. The first-order chi connectivity index (χ1) is 6.98. The molecule has 0 spiro atoms. The Kier molecular flexibility index (Phi) is 2.68. The summed E-state index contributed by atoms with van der Waals surface area (Å²) in [7, 11) is 0. The van der Waals surface area contributed by atoms with E-state index in [-0.39, 0.29) is 4.90 Å². The summed E-state index contributed by atoms with van der Waals surface area (Å²) in [6.07, 6.45) is 3.44. The average Bonchev–Trinajstić information content (AvgIpc) is 2.61. The molecule has 1 aromatic carbocycles. The molecule has 1 atom stereocenters. The van der Waals surface area contributed by atoms with Gasteiger partial charge in [0.15, 0.2) is 4.90 Å². The number of halogens is 3. The summed E-state index contributed by atoms with van der Waals surface area (Å²) in [5.74, 6) is 0. The first-order valence-corrected chi connectivity index (χ1v) is 5.55. The monoisotopic (exact) mass is 233 g/mol. The maximum Gasteiger partial charge on any atom is 0.578 e. The summed E-state index contributed by atoms with van der Waals surface area (Å²) in [6, 6.07) is 4.31. The molecule has 2 rings (SSSR count). The van der Waals surface area contributed by atoms with Crippen LogP contribution in [0.4, 0.5) is 13.2 Å². The highest BCUT2D eigenvalue weighted by atomic mass is 32.2. The zero-order valence-corrected chi connectivity index (χ0v) is 8.49. The van der Waals surface area contributed by atoms with Crippen LogP contribution in [0.1, 0.15) is 11.1 Å². The Labute approximate surface area is 88.5 Å². The third kappa shape index (κ3) is 2.13. The molecule has 0 aromatic heterocycles. The maximum atomic E-state index is 12.2. The molecule has 15 heavy (non-hydrogen) atoms. The number of alkyl halides is 3. The summed E-state index contributed by atoms with van der Waals surface area (Å²) in [6.45, 7) is 0. The largest absolute Gasteiger partial charge is 0.604 e. The van der Waals surface area contributed by atoms with Crippen molar-refractivity contribution in [3.05, 3.63) is 35.7 Å². The van der Waals surface area contributed by atoms with Crippen LogP contribution in [0.15, 0.2) is 23.1 Å². The second kappa shape index (κ2) is 3.72. The van der Waals surface area contributed by atoms with Crippen molar-refractivity contribution in [2.75, 3.05) is 0 Å². The van der Waals surface area contributed by atoms with Gasteiger partial charge in [0, 0.05) is 0 Å². The van der Waals surface area contributed by atoms with Gasteiger partial charge in [0.2, 0.25) is 0 Å². The lowest BCUT2D eigenvalue weighted by molar-refractivity contribution is -0.0435. The van der Waals surface area contributed by atoms with Crippen molar-refractivity contribution in [2.45, 2.75) is 23.2 Å². The van der Waals surface area contributed by atoms with E-state index in [0.717, 1.165) is 17.5 Å². The molecule has 1 aliphatic carbocycles. The molecular weight excluding hydrogens is 225 g/mol. The number of hydrogen-bond acceptors (Lipinski definition) is 1. The SMILES string of the molecule is [O-][S+](c1ccc2c(c1)C[CH]C2)C(F)(F)F. The number of fused-ring (bicyclic) bond motifs is 1. The zero-order chi connectivity index (χ0) is 11.1. The topological polar surface area (TPSA) is 23.1 Å². The van der Waals surface area contributed by atoms with E-state index < -0.39 is 16.7 Å². The van der Waals surface area contributed by atoms with E-state index in [2.05, 4.69) is 0 Å². The minimum atomic E-state index is -4.67. The van der Waals surface area contributed by atoms with Gasteiger partial charge in [0.05, 0.1) is 11.2 Å². The van der Waals surface area contributed by atoms with Gasteiger partial charge in [-0.2, -0.15) is 0 Å². The van der Waals surface area contributed by atoms with Crippen molar-refractivity contribution < 1.29 is 17.7 Å². The van der Waals surface area contributed by atoms with Gasteiger partial charge in [-0.15, -0.1) is 13.2 Å². The Morgan fingerprint density at radius 3 is 2.47 bits per heavy atom. The number of benzene rings is 1. The fourth-order valence-electron chi connectivity index (χ4n) is 1.62. The van der Waals surface area contributed by atoms with Crippen molar-refractivity contribution in [3.8, 4) is 0 Å². The third-order valence-electron chi connectivity index (χ3n) is 2.33. The Balaban J connectivity index is 2.31. The standard InChI is InChI=1S/C10H8F3OS/c11-10(12,13)15(14)9-5-4-7-2-1-3-8(7)6-9/h1,4-6H,2-3H2. The normalized spacial score (nSPS) is 17.6. The summed E-state index contributed by atoms with van der Waals surface area (Å²) < 4.78 is 47.6. The van der Waals surface area contributed by atoms with E-state index >= 15 is 0 Å². The minimum absolute atomic E-state index is 0.156. The Bertz CT molecular complexity index is 375. The summed E-state index contributed by atoms with van der Waals surface area (Å²) in [5.41, 5.74) is -2.79. The second-order valence-electron chi connectivity index (χ2n) is 3.34. The minimum Gasteiger partial charge on any atom is -0.604 e. The molecule has 0 heterocycles. The van der Waals surface area contributed by atoms with Gasteiger partial charge in [-0.05, 0) is 42.5 Å². The zero-order valence-electron chi connectivity index (χ0n) is 7.67. The van der Waals surface area contributed by atoms with Gasteiger partial charge in [0.25, 0.3) is 0 Å². The van der Waals surface area contributed by atoms with E-state index in [0.29, 0.717) is 6.42 Å². The molecular formula is C10H8F3OS. The predicted octanol–water partition coefficient (Wildman–Crippen LogP) is 2.62. The predicted molar refractivity (Wildman–Crippen MR) is 50.6 cm³/mol. The molecule has 0 fully saturated rings. The fourth-order valence-corrected chi connectivity index (χ4v) is 2.33.